The summed E-state index contributed by atoms with van der Waals surface area (Å²) in [6, 6.07) is 4.15. The molecule has 1 heterocycles. The fraction of sp³-hybridized carbons (Fsp3) is 0.500. The molecule has 104 valence electrons. The van der Waals surface area contributed by atoms with Crippen molar-refractivity contribution < 1.29 is 9.15 Å². The maximum Gasteiger partial charge on any atom is 0.138 e. The van der Waals surface area contributed by atoms with Gasteiger partial charge in [-0.05, 0) is 43.1 Å². The van der Waals surface area contributed by atoms with Gasteiger partial charge in [0.2, 0.25) is 0 Å². The molecular formula is C16H23NO2. The summed E-state index contributed by atoms with van der Waals surface area (Å²) in [6.45, 7) is 7.52. The van der Waals surface area contributed by atoms with Crippen LogP contribution in [-0.4, -0.2) is 20.7 Å². The first kappa shape index (κ1) is 13.9. The number of rotatable bonds is 4. The van der Waals surface area contributed by atoms with Gasteiger partial charge in [-0.15, -0.1) is 0 Å². The van der Waals surface area contributed by atoms with E-state index in [0.29, 0.717) is 0 Å². The van der Waals surface area contributed by atoms with Gasteiger partial charge >= 0.3 is 0 Å². The largest absolute Gasteiger partial charge is 0.497 e. The Hall–Kier alpha value is -1.48. The van der Waals surface area contributed by atoms with Crippen molar-refractivity contribution in [3.05, 3.63) is 29.5 Å². The molecule has 0 aliphatic rings. The summed E-state index contributed by atoms with van der Waals surface area (Å²) < 4.78 is 11.2. The van der Waals surface area contributed by atoms with Gasteiger partial charge < -0.3 is 14.5 Å². The summed E-state index contributed by atoms with van der Waals surface area (Å²) >= 11 is 0. The van der Waals surface area contributed by atoms with Crippen molar-refractivity contribution in [2.24, 2.45) is 0 Å². The summed E-state index contributed by atoms with van der Waals surface area (Å²) in [5, 5.41) is 4.34. The second-order valence-electron chi connectivity index (χ2n) is 5.92. The lowest BCUT2D eigenvalue weighted by Gasteiger charge is -2.20. The molecule has 0 aliphatic carbocycles. The van der Waals surface area contributed by atoms with E-state index in [4.69, 9.17) is 9.15 Å². The van der Waals surface area contributed by atoms with Gasteiger partial charge in [0, 0.05) is 10.9 Å². The van der Waals surface area contributed by atoms with Gasteiger partial charge in [-0.3, -0.25) is 0 Å². The number of hydrogen-bond acceptors (Lipinski definition) is 3. The predicted octanol–water partition coefficient (Wildman–Crippen LogP) is 3.50. The molecule has 0 amide bonds. The van der Waals surface area contributed by atoms with E-state index >= 15 is 0 Å². The third-order valence-corrected chi connectivity index (χ3v) is 3.42. The molecule has 3 heteroatoms. The minimum Gasteiger partial charge on any atom is -0.497 e. The Labute approximate surface area is 114 Å². The highest BCUT2D eigenvalue weighted by Crippen LogP contribution is 2.36. The zero-order chi connectivity index (χ0) is 14.0. The van der Waals surface area contributed by atoms with Crippen molar-refractivity contribution in [2.45, 2.75) is 32.6 Å². The first-order valence-corrected chi connectivity index (χ1v) is 6.70. The number of nitrogens with one attached hydrogen (secondary N) is 1. The van der Waals surface area contributed by atoms with Crippen LogP contribution < -0.4 is 10.1 Å². The molecule has 0 aliphatic heterocycles. The number of methoxy groups -OCH3 is 1. The number of furan rings is 1. The van der Waals surface area contributed by atoms with Crippen LogP contribution in [0.15, 0.2) is 22.8 Å². The van der Waals surface area contributed by atoms with E-state index in [9.17, 15) is 0 Å². The zero-order valence-corrected chi connectivity index (χ0v) is 12.5. The maximum absolute atomic E-state index is 5.82. The van der Waals surface area contributed by atoms with Gasteiger partial charge in [-0.25, -0.2) is 0 Å². The lowest BCUT2D eigenvalue weighted by atomic mass is 9.85. The van der Waals surface area contributed by atoms with E-state index in [1.165, 1.54) is 16.5 Å². The molecule has 2 rings (SSSR count). The van der Waals surface area contributed by atoms with Crippen LogP contribution in [0, 0.1) is 0 Å². The summed E-state index contributed by atoms with van der Waals surface area (Å²) in [5.41, 5.74) is 3.44. The number of benzene rings is 1. The Morgan fingerprint density at radius 3 is 2.58 bits per heavy atom. The summed E-state index contributed by atoms with van der Waals surface area (Å²) in [4.78, 5) is 0. The van der Waals surface area contributed by atoms with Crippen LogP contribution in [0.3, 0.4) is 0 Å². The monoisotopic (exact) mass is 261 g/mol. The lowest BCUT2D eigenvalue weighted by molar-refractivity contribution is 0.413. The van der Waals surface area contributed by atoms with E-state index in [0.717, 1.165) is 24.3 Å². The summed E-state index contributed by atoms with van der Waals surface area (Å²) in [7, 11) is 3.67. The molecule has 0 fully saturated rings. The molecule has 0 bridgehead atoms. The molecule has 2 aromatic rings. The SMILES string of the molecule is CNCCc1coc2c(C(C)(C)C)cc(OC)cc12. The Balaban J connectivity index is 2.60. The fourth-order valence-electron chi connectivity index (χ4n) is 2.29. The van der Waals surface area contributed by atoms with Crippen LogP contribution in [0.4, 0.5) is 0 Å². The van der Waals surface area contributed by atoms with Crippen molar-refractivity contribution in [1.82, 2.24) is 5.32 Å². The van der Waals surface area contributed by atoms with Crippen molar-refractivity contribution in [1.29, 1.82) is 0 Å². The van der Waals surface area contributed by atoms with Crippen molar-refractivity contribution in [3.63, 3.8) is 0 Å². The Morgan fingerprint density at radius 1 is 1.26 bits per heavy atom. The van der Waals surface area contributed by atoms with Crippen LogP contribution in [0.5, 0.6) is 5.75 Å². The summed E-state index contributed by atoms with van der Waals surface area (Å²) in [5.74, 6) is 0.893. The zero-order valence-electron chi connectivity index (χ0n) is 12.5. The fourth-order valence-corrected chi connectivity index (χ4v) is 2.29. The highest BCUT2D eigenvalue weighted by molar-refractivity contribution is 5.86. The van der Waals surface area contributed by atoms with Gasteiger partial charge in [0.05, 0.1) is 13.4 Å². The Bertz CT molecular complexity index is 564. The third-order valence-electron chi connectivity index (χ3n) is 3.42. The van der Waals surface area contributed by atoms with Gasteiger partial charge in [0.15, 0.2) is 0 Å². The van der Waals surface area contributed by atoms with E-state index in [1.807, 2.05) is 13.3 Å². The molecule has 0 spiro atoms. The Kier molecular flexibility index (Phi) is 3.85. The van der Waals surface area contributed by atoms with E-state index in [2.05, 4.69) is 38.2 Å². The second-order valence-corrected chi connectivity index (χ2v) is 5.92. The molecule has 0 unspecified atom stereocenters. The topological polar surface area (TPSA) is 34.4 Å². The van der Waals surface area contributed by atoms with Crippen LogP contribution in [0.25, 0.3) is 11.0 Å². The third kappa shape index (κ3) is 2.76. The van der Waals surface area contributed by atoms with Crippen molar-refractivity contribution >= 4 is 11.0 Å². The highest BCUT2D eigenvalue weighted by atomic mass is 16.5. The number of fused-ring (bicyclic) bond motifs is 1. The molecule has 19 heavy (non-hydrogen) atoms. The van der Waals surface area contributed by atoms with Gasteiger partial charge in [0.25, 0.3) is 0 Å². The molecule has 3 nitrogen and oxygen atoms in total. The first-order valence-electron chi connectivity index (χ1n) is 6.70. The standard InChI is InChI=1S/C16H23NO2/c1-16(2,3)14-9-12(18-5)8-13-11(6-7-17-4)10-19-15(13)14/h8-10,17H,6-7H2,1-5H3. The molecule has 1 N–H and O–H groups in total. The minimum atomic E-state index is 0.0327. The molecule has 0 radical (unpaired) electrons. The number of ether oxygens (including phenoxy) is 1. The second kappa shape index (κ2) is 5.25. The Morgan fingerprint density at radius 2 is 2.00 bits per heavy atom. The molecular weight excluding hydrogens is 238 g/mol. The molecule has 1 aromatic heterocycles. The van der Waals surface area contributed by atoms with Gasteiger partial charge in [-0.1, -0.05) is 20.8 Å². The highest BCUT2D eigenvalue weighted by Gasteiger charge is 2.21. The van der Waals surface area contributed by atoms with Crippen molar-refractivity contribution in [3.8, 4) is 5.75 Å². The van der Waals surface area contributed by atoms with Gasteiger partial charge in [-0.2, -0.15) is 0 Å². The van der Waals surface area contributed by atoms with Crippen LogP contribution >= 0.6 is 0 Å². The van der Waals surface area contributed by atoms with Crippen molar-refractivity contribution in [2.75, 3.05) is 20.7 Å². The van der Waals surface area contributed by atoms with Crippen LogP contribution in [0.1, 0.15) is 31.9 Å². The smallest absolute Gasteiger partial charge is 0.138 e. The average molecular weight is 261 g/mol. The van der Waals surface area contributed by atoms with E-state index in [-0.39, 0.29) is 5.41 Å². The summed E-state index contributed by atoms with van der Waals surface area (Å²) in [6.07, 6.45) is 2.83. The van der Waals surface area contributed by atoms with E-state index in [1.54, 1.807) is 7.11 Å². The molecule has 1 aromatic carbocycles. The lowest BCUT2D eigenvalue weighted by Crippen LogP contribution is -2.12. The van der Waals surface area contributed by atoms with Crippen LogP contribution in [0.2, 0.25) is 0 Å². The van der Waals surface area contributed by atoms with Gasteiger partial charge in [0.1, 0.15) is 11.3 Å². The normalized spacial score (nSPS) is 12.1. The quantitative estimate of drug-likeness (QED) is 0.914. The minimum absolute atomic E-state index is 0.0327. The van der Waals surface area contributed by atoms with E-state index < -0.39 is 0 Å². The molecule has 0 saturated heterocycles. The predicted molar refractivity (Wildman–Crippen MR) is 79.1 cm³/mol. The number of hydrogen-bond donors (Lipinski definition) is 1. The average Bonchev–Trinajstić information content (AvgIpc) is 2.76. The van der Waals surface area contributed by atoms with Crippen LogP contribution in [-0.2, 0) is 11.8 Å². The first-order chi connectivity index (χ1) is 8.97. The molecule has 0 saturated carbocycles. The molecule has 0 atom stereocenters. The number of likely N-dealkylation sites (N-methyl/N-ethyl adjacent to an activating group) is 1. The maximum atomic E-state index is 5.82.